The predicted octanol–water partition coefficient (Wildman–Crippen LogP) is 1.79. The molecule has 0 amide bonds. The van der Waals surface area contributed by atoms with Gasteiger partial charge >= 0.3 is 6.16 Å². The number of rotatable bonds is 1. The molecule has 1 fully saturated rings. The first-order valence-electron chi connectivity index (χ1n) is 4.42. The molecule has 3 heteroatoms. The molecule has 1 unspecified atom stereocenters. The van der Waals surface area contributed by atoms with Gasteiger partial charge in [0, 0.05) is 0 Å². The molecule has 0 aromatic rings. The minimum atomic E-state index is -1.13. The number of hydrogen-bond donors (Lipinski definition) is 1. The zero-order valence-corrected chi connectivity index (χ0v) is 6.62. The van der Waals surface area contributed by atoms with Crippen molar-refractivity contribution >= 4 is 6.16 Å². The fourth-order valence-electron chi connectivity index (χ4n) is 2.89. The van der Waals surface area contributed by atoms with Gasteiger partial charge in [-0.3, -0.25) is 0 Å². The van der Waals surface area contributed by atoms with Gasteiger partial charge in [-0.05, 0) is 35.8 Å². The molecule has 3 nitrogen and oxygen atoms in total. The third kappa shape index (κ3) is 0.601. The van der Waals surface area contributed by atoms with Gasteiger partial charge in [-0.2, -0.15) is 0 Å². The molecule has 0 spiro atoms. The molecule has 1 N–H and O–H groups in total. The first kappa shape index (κ1) is 6.52. The molecule has 3 rings (SSSR count). The minimum Gasteiger partial charge on any atom is -0.450 e. The summed E-state index contributed by atoms with van der Waals surface area (Å²) in [6.07, 6.45) is 2.60. The average Bonchev–Trinajstić information content (AvgIpc) is 2.38. The smallest absolute Gasteiger partial charge is 0.450 e. The minimum absolute atomic E-state index is 0.0854. The summed E-state index contributed by atoms with van der Waals surface area (Å²) >= 11 is 0. The van der Waals surface area contributed by atoms with Crippen molar-refractivity contribution < 1.29 is 14.6 Å². The molecule has 3 aliphatic carbocycles. The molecule has 64 valence electrons. The van der Waals surface area contributed by atoms with Gasteiger partial charge < -0.3 is 9.84 Å². The second-order valence-electron chi connectivity index (χ2n) is 3.82. The predicted molar refractivity (Wildman–Crippen MR) is 40.8 cm³/mol. The van der Waals surface area contributed by atoms with Crippen molar-refractivity contribution in [1.29, 1.82) is 0 Å². The van der Waals surface area contributed by atoms with Crippen molar-refractivity contribution in [3.63, 3.8) is 0 Å². The third-order valence-electron chi connectivity index (χ3n) is 3.35. The van der Waals surface area contributed by atoms with E-state index in [1.807, 2.05) is 0 Å². The summed E-state index contributed by atoms with van der Waals surface area (Å²) in [5.74, 6) is 1.40. The molecule has 0 radical (unpaired) electrons. The fraction of sp³-hybridized carbons (Fsp3) is 0.667. The Labute approximate surface area is 70.0 Å². The van der Waals surface area contributed by atoms with Gasteiger partial charge in [-0.25, -0.2) is 4.79 Å². The van der Waals surface area contributed by atoms with Crippen LogP contribution >= 0.6 is 0 Å². The largest absolute Gasteiger partial charge is 0.506 e. The zero-order chi connectivity index (χ0) is 8.29. The Morgan fingerprint density at radius 3 is 2.42 bits per heavy atom. The number of ether oxygens (including phenoxy) is 1. The molecule has 0 aromatic carbocycles. The van der Waals surface area contributed by atoms with Crippen LogP contribution in [0.4, 0.5) is 4.79 Å². The summed E-state index contributed by atoms with van der Waals surface area (Å²) in [4.78, 5) is 10.2. The molecule has 1 saturated carbocycles. The highest BCUT2D eigenvalue weighted by Gasteiger charge is 2.60. The molecule has 0 bridgehead atoms. The summed E-state index contributed by atoms with van der Waals surface area (Å²) in [7, 11) is 0. The monoisotopic (exact) mass is 166 g/mol. The van der Waals surface area contributed by atoms with E-state index in [4.69, 9.17) is 9.84 Å². The maximum atomic E-state index is 10.2. The van der Waals surface area contributed by atoms with Crippen LogP contribution in [0.15, 0.2) is 11.1 Å². The van der Waals surface area contributed by atoms with Crippen LogP contribution in [-0.2, 0) is 4.74 Å². The van der Waals surface area contributed by atoms with Crippen LogP contribution < -0.4 is 0 Å². The van der Waals surface area contributed by atoms with E-state index < -0.39 is 6.16 Å². The number of carboxylic acid groups (broad SMARTS) is 1. The summed E-state index contributed by atoms with van der Waals surface area (Å²) < 4.78 is 4.73. The molecule has 3 atom stereocenters. The van der Waals surface area contributed by atoms with Gasteiger partial charge in [0.1, 0.15) is 6.10 Å². The second-order valence-corrected chi connectivity index (χ2v) is 3.82. The number of fused-ring (bicyclic) bond motifs is 3. The second kappa shape index (κ2) is 1.84. The van der Waals surface area contributed by atoms with E-state index in [-0.39, 0.29) is 6.10 Å². The number of carbonyl (C=O) groups is 1. The van der Waals surface area contributed by atoms with Crippen molar-refractivity contribution in [3.05, 3.63) is 11.1 Å². The Kier molecular flexibility index (Phi) is 1.000. The number of hydrogen-bond acceptors (Lipinski definition) is 2. The van der Waals surface area contributed by atoms with Crippen molar-refractivity contribution in [2.45, 2.75) is 25.4 Å². The highest BCUT2D eigenvalue weighted by atomic mass is 16.7. The molecule has 0 heterocycles. The van der Waals surface area contributed by atoms with Crippen LogP contribution in [0.25, 0.3) is 0 Å². The van der Waals surface area contributed by atoms with Gasteiger partial charge in [-0.1, -0.05) is 6.42 Å². The quantitative estimate of drug-likeness (QED) is 0.477. The van der Waals surface area contributed by atoms with Crippen LogP contribution in [0.2, 0.25) is 0 Å². The van der Waals surface area contributed by atoms with Gasteiger partial charge in [0.2, 0.25) is 0 Å². The Morgan fingerprint density at radius 2 is 1.92 bits per heavy atom. The highest BCUT2D eigenvalue weighted by Crippen LogP contribution is 2.65. The molecular weight excluding hydrogens is 156 g/mol. The average molecular weight is 166 g/mol. The molecule has 0 aromatic heterocycles. The van der Waals surface area contributed by atoms with E-state index in [0.717, 1.165) is 0 Å². The first-order chi connectivity index (χ1) is 5.79. The van der Waals surface area contributed by atoms with E-state index in [1.54, 1.807) is 0 Å². The maximum absolute atomic E-state index is 10.2. The van der Waals surface area contributed by atoms with Crippen LogP contribution in [-0.4, -0.2) is 17.4 Å². The molecule has 12 heavy (non-hydrogen) atoms. The van der Waals surface area contributed by atoms with E-state index in [2.05, 4.69) is 0 Å². The lowest BCUT2D eigenvalue weighted by Crippen LogP contribution is -2.09. The highest BCUT2D eigenvalue weighted by molar-refractivity contribution is 5.65. The van der Waals surface area contributed by atoms with Crippen molar-refractivity contribution in [2.24, 2.45) is 11.8 Å². The Morgan fingerprint density at radius 1 is 1.33 bits per heavy atom. The molecule has 0 saturated heterocycles. The van der Waals surface area contributed by atoms with Crippen LogP contribution in [0, 0.1) is 11.8 Å². The van der Waals surface area contributed by atoms with Gasteiger partial charge in [0.15, 0.2) is 0 Å². The summed E-state index contributed by atoms with van der Waals surface area (Å²) in [6.45, 7) is 0. The Balaban J connectivity index is 1.69. The standard InChI is InChI=1S/C9H10O3/c10-9(11)12-8-6-4-2-1-3-5(4)7(6)8/h4-5,8H,1-3H2,(H,10,11)/t4-,5+,8?. The van der Waals surface area contributed by atoms with E-state index >= 15 is 0 Å². The summed E-state index contributed by atoms with van der Waals surface area (Å²) in [5, 5.41) is 8.40. The summed E-state index contributed by atoms with van der Waals surface area (Å²) in [6, 6.07) is 0. The topological polar surface area (TPSA) is 46.5 Å². The Bertz CT molecular complexity index is 272. The first-order valence-corrected chi connectivity index (χ1v) is 4.42. The fourth-order valence-corrected chi connectivity index (χ4v) is 2.89. The maximum Gasteiger partial charge on any atom is 0.506 e. The van der Waals surface area contributed by atoms with Crippen molar-refractivity contribution in [1.82, 2.24) is 0 Å². The zero-order valence-electron chi connectivity index (χ0n) is 6.62. The lowest BCUT2D eigenvalue weighted by atomic mass is 9.86. The van der Waals surface area contributed by atoms with Crippen LogP contribution in [0.5, 0.6) is 0 Å². The van der Waals surface area contributed by atoms with E-state index in [1.165, 1.54) is 30.4 Å². The van der Waals surface area contributed by atoms with Gasteiger partial charge in [0.05, 0.1) is 0 Å². The SMILES string of the molecule is O=C(O)OC1C2=C1[C@@H]1CCC[C@H]21. The molecule has 3 aliphatic rings. The Hall–Kier alpha value is -0.990. The summed E-state index contributed by atoms with van der Waals surface area (Å²) in [5.41, 5.74) is 2.64. The lowest BCUT2D eigenvalue weighted by molar-refractivity contribution is 0.0886. The van der Waals surface area contributed by atoms with Crippen molar-refractivity contribution in [3.8, 4) is 0 Å². The molecular formula is C9H10O3. The third-order valence-corrected chi connectivity index (χ3v) is 3.35. The normalized spacial score (nSPS) is 41.5. The van der Waals surface area contributed by atoms with E-state index in [9.17, 15) is 4.79 Å². The lowest BCUT2D eigenvalue weighted by Gasteiger charge is -2.17. The van der Waals surface area contributed by atoms with Crippen molar-refractivity contribution in [2.75, 3.05) is 0 Å². The van der Waals surface area contributed by atoms with Crippen LogP contribution in [0.1, 0.15) is 19.3 Å². The van der Waals surface area contributed by atoms with Gasteiger partial charge in [0.25, 0.3) is 0 Å². The molecule has 0 aliphatic heterocycles. The van der Waals surface area contributed by atoms with Crippen LogP contribution in [0.3, 0.4) is 0 Å². The van der Waals surface area contributed by atoms with E-state index in [0.29, 0.717) is 11.8 Å². The van der Waals surface area contributed by atoms with Gasteiger partial charge in [-0.15, -0.1) is 0 Å².